The van der Waals surface area contributed by atoms with Crippen molar-refractivity contribution in [3.63, 3.8) is 0 Å². The van der Waals surface area contributed by atoms with Crippen LogP contribution in [-0.2, 0) is 4.79 Å². The minimum Gasteiger partial charge on any atom is -0.382 e. The molecule has 0 radical (unpaired) electrons. The van der Waals surface area contributed by atoms with Gasteiger partial charge in [-0.15, -0.1) is 0 Å². The quantitative estimate of drug-likeness (QED) is 0.409. The van der Waals surface area contributed by atoms with E-state index >= 15 is 0 Å². The fourth-order valence-corrected chi connectivity index (χ4v) is 1.55. The van der Waals surface area contributed by atoms with Gasteiger partial charge in [0, 0.05) is 26.1 Å². The summed E-state index contributed by atoms with van der Waals surface area (Å²) >= 11 is 0. The molecule has 6 nitrogen and oxygen atoms in total. The average molecular weight is 282 g/mol. The van der Waals surface area contributed by atoms with E-state index in [1.54, 1.807) is 0 Å². The minimum absolute atomic E-state index is 0.0477. The van der Waals surface area contributed by atoms with Crippen molar-refractivity contribution in [1.29, 1.82) is 0 Å². The second-order valence-corrected chi connectivity index (χ2v) is 4.19. The highest BCUT2D eigenvalue weighted by molar-refractivity contribution is 5.81. The Labute approximate surface area is 108 Å². The third kappa shape index (κ3) is 5.33. The van der Waals surface area contributed by atoms with Gasteiger partial charge in [-0.1, -0.05) is 0 Å². The van der Waals surface area contributed by atoms with Crippen molar-refractivity contribution in [1.82, 2.24) is 16.0 Å². The highest BCUT2D eigenvalue weighted by Crippen LogP contribution is 2.19. The van der Waals surface area contributed by atoms with Crippen molar-refractivity contribution in [3.8, 4) is 0 Å². The number of carbonyl (C=O) groups is 1. The van der Waals surface area contributed by atoms with E-state index in [1.165, 1.54) is 7.05 Å². The van der Waals surface area contributed by atoms with E-state index in [0.717, 1.165) is 0 Å². The first kappa shape index (κ1) is 15.5. The lowest BCUT2D eigenvalue weighted by Gasteiger charge is -2.26. The molecule has 110 valence electrons. The van der Waals surface area contributed by atoms with Gasteiger partial charge in [0.15, 0.2) is 12.1 Å². The molecule has 0 aromatic heterocycles. The number of rotatable bonds is 3. The molecular formula is C10H17F3N4O2. The predicted molar refractivity (Wildman–Crippen MR) is 62.6 cm³/mol. The van der Waals surface area contributed by atoms with Gasteiger partial charge in [-0.25, -0.2) is 0 Å². The summed E-state index contributed by atoms with van der Waals surface area (Å²) < 4.78 is 36.3. The van der Waals surface area contributed by atoms with Crippen molar-refractivity contribution in [2.24, 2.45) is 4.99 Å². The standard InChI is InChI=1S/C10H17F3N4O2/c1-14-9(16-5-7(18)10(11,12)13)17-6-2-3-8(19)15-4-6/h6-7,18H,2-5H2,1H3,(H,15,19)(H2,14,16,17). The fraction of sp³-hybridized carbons (Fsp3) is 0.800. The second-order valence-electron chi connectivity index (χ2n) is 4.19. The van der Waals surface area contributed by atoms with Crippen LogP contribution in [0.1, 0.15) is 12.8 Å². The lowest BCUT2D eigenvalue weighted by molar-refractivity contribution is -0.201. The Hall–Kier alpha value is -1.51. The second kappa shape index (κ2) is 6.60. The summed E-state index contributed by atoms with van der Waals surface area (Å²) in [6.07, 6.45) is -6.17. The van der Waals surface area contributed by atoms with E-state index in [0.29, 0.717) is 19.4 Å². The van der Waals surface area contributed by atoms with Crippen LogP contribution in [0.2, 0.25) is 0 Å². The maximum Gasteiger partial charge on any atom is 0.416 e. The molecule has 4 N–H and O–H groups in total. The van der Waals surface area contributed by atoms with E-state index in [2.05, 4.69) is 20.9 Å². The van der Waals surface area contributed by atoms with Crippen LogP contribution < -0.4 is 16.0 Å². The van der Waals surface area contributed by atoms with Gasteiger partial charge < -0.3 is 21.1 Å². The lowest BCUT2D eigenvalue weighted by atomic mass is 10.1. The number of nitrogens with zero attached hydrogens (tertiary/aromatic N) is 1. The monoisotopic (exact) mass is 282 g/mol. The molecule has 1 aliphatic heterocycles. The molecule has 1 amide bonds. The first-order valence-corrected chi connectivity index (χ1v) is 5.81. The molecule has 19 heavy (non-hydrogen) atoms. The van der Waals surface area contributed by atoms with E-state index in [-0.39, 0.29) is 17.9 Å². The first-order chi connectivity index (χ1) is 8.82. The molecule has 1 aliphatic rings. The van der Waals surface area contributed by atoms with E-state index in [1.807, 2.05) is 0 Å². The number of alkyl halides is 3. The van der Waals surface area contributed by atoms with Gasteiger partial charge in [-0.3, -0.25) is 9.79 Å². The van der Waals surface area contributed by atoms with Crippen LogP contribution in [0.5, 0.6) is 0 Å². The van der Waals surface area contributed by atoms with Crippen molar-refractivity contribution < 1.29 is 23.1 Å². The summed E-state index contributed by atoms with van der Waals surface area (Å²) in [6.45, 7) is -0.288. The Bertz CT molecular complexity index is 336. The van der Waals surface area contributed by atoms with Gasteiger partial charge in [-0.2, -0.15) is 13.2 Å². The lowest BCUT2D eigenvalue weighted by Crippen LogP contribution is -2.53. The molecule has 2 atom stereocenters. The van der Waals surface area contributed by atoms with Gasteiger partial charge in [0.05, 0.1) is 6.54 Å². The molecule has 9 heteroatoms. The summed E-state index contributed by atoms with van der Waals surface area (Å²) in [4.78, 5) is 14.7. The number of nitrogens with one attached hydrogen (secondary N) is 3. The third-order valence-corrected chi connectivity index (χ3v) is 2.67. The molecule has 1 saturated heterocycles. The van der Waals surface area contributed by atoms with Crippen LogP contribution in [0.15, 0.2) is 4.99 Å². The van der Waals surface area contributed by atoms with Crippen LogP contribution in [0.25, 0.3) is 0 Å². The molecule has 0 saturated carbocycles. The maximum atomic E-state index is 12.1. The zero-order valence-corrected chi connectivity index (χ0v) is 10.4. The largest absolute Gasteiger partial charge is 0.416 e. The van der Waals surface area contributed by atoms with Gasteiger partial charge in [0.1, 0.15) is 0 Å². The molecule has 0 bridgehead atoms. The number of halogens is 3. The number of amides is 1. The van der Waals surface area contributed by atoms with Crippen molar-refractivity contribution in [2.45, 2.75) is 31.2 Å². The third-order valence-electron chi connectivity index (χ3n) is 2.67. The molecule has 1 heterocycles. The molecule has 0 spiro atoms. The zero-order valence-electron chi connectivity index (χ0n) is 10.4. The molecule has 0 aliphatic carbocycles. The Morgan fingerprint density at radius 3 is 2.79 bits per heavy atom. The van der Waals surface area contributed by atoms with Crippen LogP contribution in [0.3, 0.4) is 0 Å². The number of piperidine rings is 1. The van der Waals surface area contributed by atoms with Crippen molar-refractivity contribution in [3.05, 3.63) is 0 Å². The Morgan fingerprint density at radius 1 is 1.63 bits per heavy atom. The smallest absolute Gasteiger partial charge is 0.382 e. The van der Waals surface area contributed by atoms with Crippen molar-refractivity contribution in [2.75, 3.05) is 20.1 Å². The molecule has 2 unspecified atom stereocenters. The predicted octanol–water partition coefficient (Wildman–Crippen LogP) is -0.647. The summed E-state index contributed by atoms with van der Waals surface area (Å²) in [7, 11) is 1.41. The number of hydrogen-bond acceptors (Lipinski definition) is 3. The zero-order chi connectivity index (χ0) is 14.5. The maximum absolute atomic E-state index is 12.1. The fourth-order valence-electron chi connectivity index (χ4n) is 1.55. The van der Waals surface area contributed by atoms with Gasteiger partial charge in [0.25, 0.3) is 0 Å². The van der Waals surface area contributed by atoms with Crippen LogP contribution in [0.4, 0.5) is 13.2 Å². The van der Waals surface area contributed by atoms with Crippen LogP contribution in [0, 0.1) is 0 Å². The summed E-state index contributed by atoms with van der Waals surface area (Å²) in [5.41, 5.74) is 0. The Morgan fingerprint density at radius 2 is 2.32 bits per heavy atom. The van der Waals surface area contributed by atoms with Crippen LogP contribution in [-0.4, -0.2) is 55.4 Å². The molecule has 1 rings (SSSR count). The highest BCUT2D eigenvalue weighted by atomic mass is 19.4. The van der Waals surface area contributed by atoms with Gasteiger partial charge >= 0.3 is 6.18 Å². The highest BCUT2D eigenvalue weighted by Gasteiger charge is 2.38. The Balaban J connectivity index is 2.36. The number of hydrogen-bond donors (Lipinski definition) is 4. The molecule has 0 aromatic carbocycles. The number of guanidine groups is 1. The van der Waals surface area contributed by atoms with E-state index in [9.17, 15) is 18.0 Å². The number of aliphatic hydroxyl groups excluding tert-OH is 1. The van der Waals surface area contributed by atoms with Crippen molar-refractivity contribution >= 4 is 11.9 Å². The van der Waals surface area contributed by atoms with E-state index < -0.39 is 18.8 Å². The SMILES string of the molecule is CN=C(NCC(O)C(F)(F)F)NC1CCC(=O)NC1. The Kier molecular flexibility index (Phi) is 5.40. The normalized spacial score (nSPS) is 22.7. The van der Waals surface area contributed by atoms with Crippen LogP contribution >= 0.6 is 0 Å². The molecule has 1 fully saturated rings. The summed E-state index contributed by atoms with van der Waals surface area (Å²) in [5, 5.41) is 16.7. The van der Waals surface area contributed by atoms with Gasteiger partial charge in [0.2, 0.25) is 5.91 Å². The average Bonchev–Trinajstić information content (AvgIpc) is 2.35. The number of carbonyl (C=O) groups excluding carboxylic acids is 1. The minimum atomic E-state index is -4.66. The summed E-state index contributed by atoms with van der Waals surface area (Å²) in [6, 6.07) is -0.0908. The summed E-state index contributed by atoms with van der Waals surface area (Å²) in [5.74, 6) is 0.109. The first-order valence-electron chi connectivity index (χ1n) is 5.81. The molecule has 0 aromatic rings. The number of aliphatic imine (C=N–C) groups is 1. The van der Waals surface area contributed by atoms with Gasteiger partial charge in [-0.05, 0) is 6.42 Å². The number of aliphatic hydroxyl groups is 1. The van der Waals surface area contributed by atoms with E-state index in [4.69, 9.17) is 5.11 Å². The molecular weight excluding hydrogens is 265 g/mol. The topological polar surface area (TPSA) is 85.8 Å².